The Hall–Kier alpha value is -1.56. The first-order valence-corrected chi connectivity index (χ1v) is 10.3. The molecule has 0 saturated carbocycles. The average Bonchev–Trinajstić information content (AvgIpc) is 2.51. The van der Waals surface area contributed by atoms with Gasteiger partial charge in [-0.15, -0.1) is 0 Å². The first-order chi connectivity index (χ1) is 11.7. The van der Waals surface area contributed by atoms with Crippen LogP contribution in [0.2, 0.25) is 10.0 Å². The van der Waals surface area contributed by atoms with Gasteiger partial charge in [-0.25, -0.2) is 8.42 Å². The van der Waals surface area contributed by atoms with E-state index in [0.29, 0.717) is 16.3 Å². The van der Waals surface area contributed by atoms with Crippen LogP contribution in [0.4, 0.5) is 5.69 Å². The van der Waals surface area contributed by atoms with E-state index in [1.54, 1.807) is 24.3 Å². The highest BCUT2D eigenvalue weighted by atomic mass is 35.5. The first kappa shape index (κ1) is 19.8. The number of amides is 1. The Morgan fingerprint density at radius 3 is 2.24 bits per heavy atom. The molecule has 0 atom stereocenters. The molecule has 0 heterocycles. The van der Waals surface area contributed by atoms with Crippen LogP contribution in [0.25, 0.3) is 0 Å². The molecule has 1 amide bonds. The predicted molar refractivity (Wildman–Crippen MR) is 103 cm³/mol. The van der Waals surface area contributed by atoms with Crippen molar-refractivity contribution in [3.8, 4) is 0 Å². The fourth-order valence-corrected chi connectivity index (χ4v) is 4.14. The Bertz CT molecular complexity index is 852. The number of hydrogen-bond acceptors (Lipinski definition) is 3. The summed E-state index contributed by atoms with van der Waals surface area (Å²) >= 11 is 11.8. The van der Waals surface area contributed by atoms with Gasteiger partial charge in [0.2, 0.25) is 5.91 Å². The van der Waals surface area contributed by atoms with Crippen molar-refractivity contribution >= 4 is 44.6 Å². The predicted octanol–water partition coefficient (Wildman–Crippen LogP) is 4.35. The third-order valence-electron chi connectivity index (χ3n) is 3.53. The summed E-state index contributed by atoms with van der Waals surface area (Å²) in [5.74, 6) is -1.29. The molecule has 4 nitrogen and oxygen atoms in total. The van der Waals surface area contributed by atoms with Crippen LogP contribution < -0.4 is 4.90 Å². The lowest BCUT2D eigenvalue weighted by molar-refractivity contribution is -0.116. The molecule has 0 unspecified atom stereocenters. The lowest BCUT2D eigenvalue weighted by atomic mass is 10.2. The van der Waals surface area contributed by atoms with E-state index >= 15 is 0 Å². The van der Waals surface area contributed by atoms with E-state index in [-0.39, 0.29) is 16.8 Å². The second kappa shape index (κ2) is 8.21. The number of rotatable bonds is 6. The fourth-order valence-electron chi connectivity index (χ4n) is 2.51. The van der Waals surface area contributed by atoms with E-state index in [4.69, 9.17) is 23.2 Å². The molecular weight excluding hydrogens is 381 g/mol. The molecule has 0 aromatic heterocycles. The molecule has 0 spiro atoms. The molecule has 2 rings (SSSR count). The highest BCUT2D eigenvalue weighted by molar-refractivity contribution is 7.91. The van der Waals surface area contributed by atoms with Crippen LogP contribution in [0, 0.1) is 0 Å². The summed E-state index contributed by atoms with van der Waals surface area (Å²) in [7, 11) is -3.64. The van der Waals surface area contributed by atoms with Crippen LogP contribution in [-0.4, -0.2) is 26.1 Å². The Kier molecular flexibility index (Phi) is 6.49. The van der Waals surface area contributed by atoms with E-state index in [9.17, 15) is 13.2 Å². The van der Waals surface area contributed by atoms with Gasteiger partial charge in [0, 0.05) is 11.7 Å². The van der Waals surface area contributed by atoms with Gasteiger partial charge >= 0.3 is 0 Å². The number of carbonyl (C=O) groups is 1. The standard InChI is InChI=1S/C18H19Cl2NO3S/c1-13(2)21(15-6-4-3-5-7-15)18(22)12-25(23,24)11-14-8-9-16(19)17(20)10-14/h3-10,13H,11-12H2,1-2H3. The monoisotopic (exact) mass is 399 g/mol. The Balaban J connectivity index is 2.17. The van der Waals surface area contributed by atoms with Crippen molar-refractivity contribution in [2.24, 2.45) is 0 Å². The molecule has 2 aromatic carbocycles. The average molecular weight is 400 g/mol. The lowest BCUT2D eigenvalue weighted by Crippen LogP contribution is -2.40. The minimum absolute atomic E-state index is 0.157. The summed E-state index contributed by atoms with van der Waals surface area (Å²) < 4.78 is 24.9. The number of carbonyl (C=O) groups excluding carboxylic acids is 1. The van der Waals surface area contributed by atoms with E-state index in [1.807, 2.05) is 32.0 Å². The van der Waals surface area contributed by atoms with Crippen molar-refractivity contribution in [3.63, 3.8) is 0 Å². The summed E-state index contributed by atoms with van der Waals surface area (Å²) in [6.07, 6.45) is 0. The Morgan fingerprint density at radius 1 is 1.04 bits per heavy atom. The quantitative estimate of drug-likeness (QED) is 0.725. The summed E-state index contributed by atoms with van der Waals surface area (Å²) in [6, 6.07) is 13.5. The van der Waals surface area contributed by atoms with Crippen LogP contribution in [0.5, 0.6) is 0 Å². The molecule has 0 radical (unpaired) electrons. The fraction of sp³-hybridized carbons (Fsp3) is 0.278. The maximum absolute atomic E-state index is 12.6. The van der Waals surface area contributed by atoms with Crippen LogP contribution in [-0.2, 0) is 20.4 Å². The Labute approximate surface area is 158 Å². The molecule has 0 aliphatic carbocycles. The number of para-hydroxylation sites is 1. The molecule has 25 heavy (non-hydrogen) atoms. The zero-order chi connectivity index (χ0) is 18.6. The second-order valence-corrected chi connectivity index (χ2v) is 8.85. The molecule has 0 aliphatic heterocycles. The minimum atomic E-state index is -3.64. The summed E-state index contributed by atoms with van der Waals surface area (Å²) in [5, 5.41) is 0.641. The largest absolute Gasteiger partial charge is 0.309 e. The number of halogens is 2. The molecule has 0 aliphatic rings. The zero-order valence-electron chi connectivity index (χ0n) is 13.9. The molecule has 0 bridgehead atoms. The number of benzene rings is 2. The van der Waals surface area contributed by atoms with Gasteiger partial charge in [-0.1, -0.05) is 47.5 Å². The number of anilines is 1. The van der Waals surface area contributed by atoms with Crippen LogP contribution >= 0.6 is 23.2 Å². The van der Waals surface area contributed by atoms with Crippen LogP contribution in [0.15, 0.2) is 48.5 Å². The van der Waals surface area contributed by atoms with Crippen LogP contribution in [0.1, 0.15) is 19.4 Å². The normalized spacial score (nSPS) is 11.6. The minimum Gasteiger partial charge on any atom is -0.309 e. The molecule has 0 saturated heterocycles. The van der Waals surface area contributed by atoms with E-state index in [2.05, 4.69) is 0 Å². The van der Waals surface area contributed by atoms with Gasteiger partial charge in [-0.2, -0.15) is 0 Å². The van der Waals surface area contributed by atoms with Gasteiger partial charge in [-0.05, 0) is 43.7 Å². The van der Waals surface area contributed by atoms with Gasteiger partial charge in [0.05, 0.1) is 15.8 Å². The highest BCUT2D eigenvalue weighted by Crippen LogP contribution is 2.24. The lowest BCUT2D eigenvalue weighted by Gasteiger charge is -2.26. The van der Waals surface area contributed by atoms with Crippen molar-refractivity contribution < 1.29 is 13.2 Å². The summed E-state index contributed by atoms with van der Waals surface area (Å²) in [5.41, 5.74) is 1.17. The molecule has 7 heteroatoms. The van der Waals surface area contributed by atoms with Gasteiger partial charge in [0.25, 0.3) is 0 Å². The van der Waals surface area contributed by atoms with Crippen molar-refractivity contribution in [1.82, 2.24) is 0 Å². The zero-order valence-corrected chi connectivity index (χ0v) is 16.3. The molecule has 134 valence electrons. The third-order valence-corrected chi connectivity index (χ3v) is 5.73. The van der Waals surface area contributed by atoms with Gasteiger partial charge in [-0.3, -0.25) is 4.79 Å². The first-order valence-electron chi connectivity index (χ1n) is 7.71. The molecular formula is C18H19Cl2NO3S. The summed E-state index contributed by atoms with van der Waals surface area (Å²) in [4.78, 5) is 14.1. The van der Waals surface area contributed by atoms with Gasteiger partial charge in [0.1, 0.15) is 5.75 Å². The number of nitrogens with zero attached hydrogens (tertiary/aromatic N) is 1. The van der Waals surface area contributed by atoms with Crippen molar-refractivity contribution in [2.75, 3.05) is 10.7 Å². The molecule has 0 fully saturated rings. The molecule has 2 aromatic rings. The maximum Gasteiger partial charge on any atom is 0.242 e. The van der Waals surface area contributed by atoms with Crippen molar-refractivity contribution in [2.45, 2.75) is 25.6 Å². The van der Waals surface area contributed by atoms with Gasteiger partial charge in [0.15, 0.2) is 9.84 Å². The van der Waals surface area contributed by atoms with Crippen LogP contribution in [0.3, 0.4) is 0 Å². The van der Waals surface area contributed by atoms with Crippen molar-refractivity contribution in [3.05, 3.63) is 64.1 Å². The van der Waals surface area contributed by atoms with E-state index < -0.39 is 21.5 Å². The Morgan fingerprint density at radius 2 is 1.68 bits per heavy atom. The second-order valence-electron chi connectivity index (χ2n) is 5.97. The maximum atomic E-state index is 12.6. The van der Waals surface area contributed by atoms with Crippen molar-refractivity contribution in [1.29, 1.82) is 0 Å². The highest BCUT2D eigenvalue weighted by Gasteiger charge is 2.25. The third kappa shape index (κ3) is 5.46. The SMILES string of the molecule is CC(C)N(C(=O)CS(=O)(=O)Cc1ccc(Cl)c(Cl)c1)c1ccccc1. The molecule has 0 N–H and O–H groups in total. The number of sulfone groups is 1. The summed E-state index contributed by atoms with van der Waals surface area (Å²) in [6.45, 7) is 3.69. The topological polar surface area (TPSA) is 54.5 Å². The smallest absolute Gasteiger partial charge is 0.242 e. The van der Waals surface area contributed by atoms with E-state index in [1.165, 1.54) is 11.0 Å². The number of hydrogen-bond donors (Lipinski definition) is 0. The van der Waals surface area contributed by atoms with Gasteiger partial charge < -0.3 is 4.90 Å². The van der Waals surface area contributed by atoms with E-state index in [0.717, 1.165) is 0 Å².